The Hall–Kier alpha value is -0.260. The summed E-state index contributed by atoms with van der Waals surface area (Å²) in [6.07, 6.45) is 2.31. The summed E-state index contributed by atoms with van der Waals surface area (Å²) in [4.78, 5) is 10.3. The van der Waals surface area contributed by atoms with Gasteiger partial charge in [-0.25, -0.2) is 0 Å². The van der Waals surface area contributed by atoms with Gasteiger partial charge in [-0.15, -0.1) is 0 Å². The van der Waals surface area contributed by atoms with E-state index in [1.165, 1.54) is 0 Å². The molecular formula is C8H17NO3S. The summed E-state index contributed by atoms with van der Waals surface area (Å²) in [6, 6.07) is -0.731. The summed E-state index contributed by atoms with van der Waals surface area (Å²) in [7, 11) is 0. The second-order valence-electron chi connectivity index (χ2n) is 2.78. The van der Waals surface area contributed by atoms with E-state index < -0.39 is 12.0 Å². The lowest BCUT2D eigenvalue weighted by atomic mass is 10.2. The fourth-order valence-electron chi connectivity index (χ4n) is 0.752. The molecule has 5 heteroatoms. The summed E-state index contributed by atoms with van der Waals surface area (Å²) in [5, 5.41) is 16.9. The van der Waals surface area contributed by atoms with Crippen LogP contribution in [-0.4, -0.2) is 40.3 Å². The third kappa shape index (κ3) is 8.08. The molecule has 1 unspecified atom stereocenters. The largest absolute Gasteiger partial charge is 0.480 e. The predicted octanol–water partition coefficient (Wildman–Crippen LogP) is 0.294. The molecule has 4 N–H and O–H groups in total. The van der Waals surface area contributed by atoms with Crippen LogP contribution in [0.15, 0.2) is 0 Å². The molecule has 0 amide bonds. The molecule has 13 heavy (non-hydrogen) atoms. The molecule has 0 rings (SSSR count). The Morgan fingerprint density at radius 2 is 2.08 bits per heavy atom. The van der Waals surface area contributed by atoms with Crippen LogP contribution in [0.4, 0.5) is 0 Å². The van der Waals surface area contributed by atoms with E-state index in [1.807, 2.05) is 0 Å². The molecular weight excluding hydrogens is 190 g/mol. The first-order valence-corrected chi connectivity index (χ1v) is 5.51. The number of hydrogen-bond donors (Lipinski definition) is 3. The Morgan fingerprint density at radius 1 is 1.38 bits per heavy atom. The molecule has 0 aromatic rings. The molecule has 0 aromatic carbocycles. The van der Waals surface area contributed by atoms with Crippen LogP contribution in [-0.2, 0) is 4.79 Å². The maximum atomic E-state index is 10.3. The zero-order chi connectivity index (χ0) is 10.1. The molecule has 1 atom stereocenters. The van der Waals surface area contributed by atoms with E-state index in [0.717, 1.165) is 24.3 Å². The first kappa shape index (κ1) is 12.7. The number of carbonyl (C=O) groups is 1. The standard InChI is InChI=1S/C8H17NO3S/c9-7(8(11)12)3-6-13-5-2-1-4-10/h7,10H,1-6,9H2,(H,11,12). The monoisotopic (exact) mass is 207 g/mol. The van der Waals surface area contributed by atoms with Crippen molar-refractivity contribution in [2.75, 3.05) is 18.1 Å². The highest BCUT2D eigenvalue weighted by atomic mass is 32.2. The zero-order valence-corrected chi connectivity index (χ0v) is 8.42. The Labute approximate surface area is 82.5 Å². The van der Waals surface area contributed by atoms with Gasteiger partial charge in [0.25, 0.3) is 0 Å². The third-order valence-electron chi connectivity index (χ3n) is 1.59. The number of aliphatic hydroxyl groups is 1. The molecule has 0 spiro atoms. The van der Waals surface area contributed by atoms with Gasteiger partial charge >= 0.3 is 5.97 Å². The number of nitrogens with two attached hydrogens (primary N) is 1. The maximum Gasteiger partial charge on any atom is 0.320 e. The molecule has 0 heterocycles. The van der Waals surface area contributed by atoms with Crippen molar-refractivity contribution in [2.45, 2.75) is 25.3 Å². The maximum absolute atomic E-state index is 10.3. The molecule has 0 aliphatic rings. The van der Waals surface area contributed by atoms with Gasteiger partial charge in [0.2, 0.25) is 0 Å². The second kappa shape index (κ2) is 8.34. The highest BCUT2D eigenvalue weighted by molar-refractivity contribution is 7.99. The Balaban J connectivity index is 3.11. The molecule has 0 aliphatic carbocycles. The van der Waals surface area contributed by atoms with Crippen molar-refractivity contribution in [3.63, 3.8) is 0 Å². The lowest BCUT2D eigenvalue weighted by Gasteiger charge is -2.05. The van der Waals surface area contributed by atoms with Gasteiger partial charge in [0.15, 0.2) is 0 Å². The predicted molar refractivity (Wildman–Crippen MR) is 53.9 cm³/mol. The minimum Gasteiger partial charge on any atom is -0.480 e. The molecule has 0 fully saturated rings. The molecule has 0 saturated carbocycles. The van der Waals surface area contributed by atoms with Gasteiger partial charge < -0.3 is 15.9 Å². The number of rotatable bonds is 8. The lowest BCUT2D eigenvalue weighted by molar-refractivity contribution is -0.138. The van der Waals surface area contributed by atoms with Gasteiger partial charge in [0.05, 0.1) is 0 Å². The van der Waals surface area contributed by atoms with E-state index in [2.05, 4.69) is 0 Å². The average molecular weight is 207 g/mol. The average Bonchev–Trinajstić information content (AvgIpc) is 2.10. The number of aliphatic carboxylic acids is 1. The summed E-state index contributed by atoms with van der Waals surface area (Å²) in [5.41, 5.74) is 5.30. The van der Waals surface area contributed by atoms with Crippen molar-refractivity contribution in [3.05, 3.63) is 0 Å². The molecule has 4 nitrogen and oxygen atoms in total. The van der Waals surface area contributed by atoms with Gasteiger partial charge in [0.1, 0.15) is 6.04 Å². The van der Waals surface area contributed by atoms with E-state index >= 15 is 0 Å². The van der Waals surface area contributed by atoms with E-state index in [0.29, 0.717) is 6.42 Å². The molecule has 0 saturated heterocycles. The van der Waals surface area contributed by atoms with Crippen LogP contribution in [0.5, 0.6) is 0 Å². The fourth-order valence-corrected chi connectivity index (χ4v) is 1.78. The van der Waals surface area contributed by atoms with Gasteiger partial charge in [-0.1, -0.05) is 0 Å². The minimum absolute atomic E-state index is 0.231. The minimum atomic E-state index is -0.934. The number of carboxylic acids is 1. The van der Waals surface area contributed by atoms with Gasteiger partial charge in [0, 0.05) is 6.61 Å². The number of aliphatic hydroxyl groups excluding tert-OH is 1. The second-order valence-corrected chi connectivity index (χ2v) is 4.00. The molecule has 0 radical (unpaired) electrons. The van der Waals surface area contributed by atoms with Crippen molar-refractivity contribution in [3.8, 4) is 0 Å². The fraction of sp³-hybridized carbons (Fsp3) is 0.875. The first-order valence-electron chi connectivity index (χ1n) is 4.35. The Bertz CT molecular complexity index is 143. The smallest absolute Gasteiger partial charge is 0.320 e. The molecule has 78 valence electrons. The van der Waals surface area contributed by atoms with E-state index in [1.54, 1.807) is 11.8 Å². The topological polar surface area (TPSA) is 83.5 Å². The highest BCUT2D eigenvalue weighted by Gasteiger charge is 2.09. The number of hydrogen-bond acceptors (Lipinski definition) is 4. The molecule has 0 bridgehead atoms. The van der Waals surface area contributed by atoms with Crippen molar-refractivity contribution >= 4 is 17.7 Å². The summed E-state index contributed by atoms with van der Waals surface area (Å²) in [5.74, 6) is 0.808. The quantitative estimate of drug-likeness (QED) is 0.498. The number of carboxylic acid groups (broad SMARTS) is 1. The van der Waals surface area contributed by atoms with Crippen LogP contribution >= 0.6 is 11.8 Å². The van der Waals surface area contributed by atoms with Crippen LogP contribution in [0.1, 0.15) is 19.3 Å². The van der Waals surface area contributed by atoms with Crippen LogP contribution in [0.25, 0.3) is 0 Å². The molecule has 0 aromatic heterocycles. The Kier molecular flexibility index (Phi) is 8.18. The van der Waals surface area contributed by atoms with Crippen LogP contribution in [0.3, 0.4) is 0 Å². The molecule has 0 aliphatic heterocycles. The van der Waals surface area contributed by atoms with E-state index in [9.17, 15) is 4.79 Å². The van der Waals surface area contributed by atoms with E-state index in [-0.39, 0.29) is 6.61 Å². The first-order chi connectivity index (χ1) is 6.18. The number of unbranched alkanes of at least 4 members (excludes halogenated alkanes) is 1. The van der Waals surface area contributed by atoms with Crippen molar-refractivity contribution in [2.24, 2.45) is 5.73 Å². The van der Waals surface area contributed by atoms with Gasteiger partial charge in [-0.05, 0) is 30.8 Å². The van der Waals surface area contributed by atoms with Gasteiger partial charge in [-0.3, -0.25) is 4.79 Å². The summed E-state index contributed by atoms with van der Waals surface area (Å²) in [6.45, 7) is 0.231. The summed E-state index contributed by atoms with van der Waals surface area (Å²) >= 11 is 1.68. The number of thioether (sulfide) groups is 1. The summed E-state index contributed by atoms with van der Waals surface area (Å²) < 4.78 is 0. The normalized spacial score (nSPS) is 12.8. The van der Waals surface area contributed by atoms with Crippen LogP contribution < -0.4 is 5.73 Å². The Morgan fingerprint density at radius 3 is 2.62 bits per heavy atom. The SMILES string of the molecule is NC(CCSCCCCO)C(=O)O. The van der Waals surface area contributed by atoms with Crippen LogP contribution in [0.2, 0.25) is 0 Å². The lowest BCUT2D eigenvalue weighted by Crippen LogP contribution is -2.30. The van der Waals surface area contributed by atoms with E-state index in [4.69, 9.17) is 15.9 Å². The third-order valence-corrected chi connectivity index (χ3v) is 2.69. The zero-order valence-electron chi connectivity index (χ0n) is 7.61. The van der Waals surface area contributed by atoms with Crippen molar-refractivity contribution in [1.82, 2.24) is 0 Å². The van der Waals surface area contributed by atoms with Gasteiger partial charge in [-0.2, -0.15) is 11.8 Å². The van der Waals surface area contributed by atoms with Crippen molar-refractivity contribution < 1.29 is 15.0 Å². The van der Waals surface area contributed by atoms with Crippen LogP contribution in [0, 0.1) is 0 Å². The van der Waals surface area contributed by atoms with Crippen molar-refractivity contribution in [1.29, 1.82) is 0 Å². The highest BCUT2D eigenvalue weighted by Crippen LogP contribution is 2.07.